The summed E-state index contributed by atoms with van der Waals surface area (Å²) in [5.74, 6) is -1.36. The second-order valence-corrected chi connectivity index (χ2v) is 7.05. The van der Waals surface area contributed by atoms with Crippen molar-refractivity contribution in [2.75, 3.05) is 5.32 Å². The number of thiophene rings is 1. The molecular weight excluding hydrogens is 323 g/mol. The van der Waals surface area contributed by atoms with Gasteiger partial charge in [-0.05, 0) is 28.5 Å². The minimum atomic E-state index is -0.698. The first-order valence-electron chi connectivity index (χ1n) is 6.53. The highest BCUT2D eigenvalue weighted by Gasteiger charge is 2.24. The van der Waals surface area contributed by atoms with E-state index in [1.54, 1.807) is 0 Å². The van der Waals surface area contributed by atoms with Crippen LogP contribution in [0.3, 0.4) is 0 Å². The summed E-state index contributed by atoms with van der Waals surface area (Å²) in [6.07, 6.45) is 0. The smallest absolute Gasteiger partial charge is 0.260 e. The normalized spacial score (nSPS) is 11.1. The van der Waals surface area contributed by atoms with Crippen LogP contribution in [0.2, 0.25) is 5.02 Å². The van der Waals surface area contributed by atoms with Gasteiger partial charge in [0.2, 0.25) is 0 Å². The minimum Gasteiger partial charge on any atom is -0.312 e. The Balaban J connectivity index is 2.39. The van der Waals surface area contributed by atoms with Crippen LogP contribution in [-0.2, 0) is 5.41 Å². The van der Waals surface area contributed by atoms with Crippen LogP contribution in [0.5, 0.6) is 0 Å². The van der Waals surface area contributed by atoms with Crippen LogP contribution >= 0.6 is 22.9 Å². The van der Waals surface area contributed by atoms with Gasteiger partial charge >= 0.3 is 0 Å². The third kappa shape index (κ3) is 3.13. The van der Waals surface area contributed by atoms with E-state index in [-0.39, 0.29) is 16.0 Å². The van der Waals surface area contributed by atoms with Crippen molar-refractivity contribution in [2.24, 2.45) is 0 Å². The van der Waals surface area contributed by atoms with Gasteiger partial charge < -0.3 is 5.32 Å². The van der Waals surface area contributed by atoms with Gasteiger partial charge in [-0.2, -0.15) is 5.26 Å². The average Bonchev–Trinajstić information content (AvgIpc) is 2.81. The van der Waals surface area contributed by atoms with E-state index >= 15 is 0 Å². The number of halogens is 2. The SMILES string of the molecule is CC(C)(C)c1csc(NC(=O)c2c(F)cccc2Cl)c1C#N. The number of hydrogen-bond acceptors (Lipinski definition) is 3. The number of carbonyl (C=O) groups excluding carboxylic acids is 1. The zero-order chi connectivity index (χ0) is 16.5. The monoisotopic (exact) mass is 336 g/mol. The van der Waals surface area contributed by atoms with E-state index in [2.05, 4.69) is 11.4 Å². The summed E-state index contributed by atoms with van der Waals surface area (Å²) in [6.45, 7) is 5.94. The molecule has 1 aromatic heterocycles. The van der Waals surface area contributed by atoms with E-state index < -0.39 is 11.7 Å². The number of benzene rings is 1. The van der Waals surface area contributed by atoms with Gasteiger partial charge in [-0.25, -0.2) is 4.39 Å². The molecule has 3 nitrogen and oxygen atoms in total. The second kappa shape index (κ2) is 6.07. The summed E-state index contributed by atoms with van der Waals surface area (Å²) in [7, 11) is 0. The number of amides is 1. The first-order valence-corrected chi connectivity index (χ1v) is 7.79. The molecular formula is C16H14ClFN2OS. The van der Waals surface area contributed by atoms with Gasteiger partial charge in [-0.3, -0.25) is 4.79 Å². The molecule has 0 aliphatic rings. The Morgan fingerprint density at radius 1 is 1.41 bits per heavy atom. The molecule has 0 radical (unpaired) electrons. The molecule has 2 aromatic rings. The Morgan fingerprint density at radius 2 is 2.09 bits per heavy atom. The average molecular weight is 337 g/mol. The highest BCUT2D eigenvalue weighted by molar-refractivity contribution is 7.14. The molecule has 6 heteroatoms. The Hall–Kier alpha value is -1.90. The number of carbonyl (C=O) groups is 1. The number of nitrogens with one attached hydrogen (secondary N) is 1. The molecule has 0 spiro atoms. The third-order valence-corrected chi connectivity index (χ3v) is 4.34. The summed E-state index contributed by atoms with van der Waals surface area (Å²) in [5, 5.41) is 14.2. The third-order valence-electron chi connectivity index (χ3n) is 3.13. The summed E-state index contributed by atoms with van der Waals surface area (Å²) >= 11 is 7.12. The lowest BCUT2D eigenvalue weighted by atomic mass is 9.86. The number of rotatable bonds is 2. The molecule has 0 atom stereocenters. The van der Waals surface area contributed by atoms with Crippen molar-refractivity contribution in [2.45, 2.75) is 26.2 Å². The van der Waals surface area contributed by atoms with E-state index in [9.17, 15) is 14.4 Å². The lowest BCUT2D eigenvalue weighted by molar-refractivity contribution is 0.102. The molecule has 2 rings (SSSR count). The lowest BCUT2D eigenvalue weighted by Gasteiger charge is -2.17. The zero-order valence-electron chi connectivity index (χ0n) is 12.3. The van der Waals surface area contributed by atoms with Crippen LogP contribution < -0.4 is 5.32 Å². The number of hydrogen-bond donors (Lipinski definition) is 1. The van der Waals surface area contributed by atoms with Crippen LogP contribution in [0, 0.1) is 17.1 Å². The lowest BCUT2D eigenvalue weighted by Crippen LogP contribution is -2.16. The molecule has 0 saturated heterocycles. The topological polar surface area (TPSA) is 52.9 Å². The van der Waals surface area contributed by atoms with Gasteiger partial charge in [-0.1, -0.05) is 38.4 Å². The predicted octanol–water partition coefficient (Wildman–Crippen LogP) is 4.96. The predicted molar refractivity (Wildman–Crippen MR) is 87.1 cm³/mol. The van der Waals surface area contributed by atoms with Crippen molar-refractivity contribution < 1.29 is 9.18 Å². The molecule has 1 amide bonds. The van der Waals surface area contributed by atoms with Crippen molar-refractivity contribution in [1.29, 1.82) is 5.26 Å². The number of anilines is 1. The molecule has 22 heavy (non-hydrogen) atoms. The van der Waals surface area contributed by atoms with Crippen molar-refractivity contribution >= 4 is 33.8 Å². The van der Waals surface area contributed by atoms with Gasteiger partial charge in [0.05, 0.1) is 16.1 Å². The maximum absolute atomic E-state index is 13.8. The van der Waals surface area contributed by atoms with Crippen LogP contribution in [0.25, 0.3) is 0 Å². The molecule has 0 aliphatic carbocycles. The van der Waals surface area contributed by atoms with E-state index in [4.69, 9.17) is 11.6 Å². The fourth-order valence-corrected chi connectivity index (χ4v) is 3.37. The van der Waals surface area contributed by atoms with Gasteiger partial charge in [0.25, 0.3) is 5.91 Å². The van der Waals surface area contributed by atoms with Crippen molar-refractivity contribution in [3.8, 4) is 6.07 Å². The van der Waals surface area contributed by atoms with Crippen molar-refractivity contribution in [3.63, 3.8) is 0 Å². The Labute approximate surface area is 137 Å². The second-order valence-electron chi connectivity index (χ2n) is 5.77. The molecule has 1 N–H and O–H groups in total. The highest BCUT2D eigenvalue weighted by Crippen LogP contribution is 2.36. The Kier molecular flexibility index (Phi) is 4.55. The van der Waals surface area contributed by atoms with Crippen LogP contribution in [0.15, 0.2) is 23.6 Å². The number of nitriles is 1. The van der Waals surface area contributed by atoms with E-state index in [1.165, 1.54) is 29.5 Å². The Bertz CT molecular complexity index is 751. The Morgan fingerprint density at radius 3 is 2.64 bits per heavy atom. The fourth-order valence-electron chi connectivity index (χ4n) is 1.99. The summed E-state index contributed by atoms with van der Waals surface area (Å²) in [4.78, 5) is 12.2. The molecule has 0 fully saturated rings. The fraction of sp³-hybridized carbons (Fsp3) is 0.250. The van der Waals surface area contributed by atoms with Crippen LogP contribution in [0.4, 0.5) is 9.39 Å². The molecule has 0 saturated carbocycles. The largest absolute Gasteiger partial charge is 0.312 e. The van der Waals surface area contributed by atoms with Gasteiger partial charge in [0.1, 0.15) is 16.9 Å². The number of nitrogens with zero attached hydrogens (tertiary/aromatic N) is 1. The molecule has 0 unspecified atom stereocenters. The van der Waals surface area contributed by atoms with Gasteiger partial charge in [0.15, 0.2) is 0 Å². The minimum absolute atomic E-state index is 0.0311. The molecule has 114 valence electrons. The standard InChI is InChI=1S/C16H14ClFN2OS/c1-16(2,3)10-8-22-15(9(10)7-19)20-14(21)13-11(17)5-4-6-12(13)18/h4-6,8H,1-3H3,(H,20,21). The van der Waals surface area contributed by atoms with E-state index in [0.717, 1.165) is 5.56 Å². The molecule has 0 aliphatic heterocycles. The maximum Gasteiger partial charge on any atom is 0.260 e. The molecule has 1 aromatic carbocycles. The first-order chi connectivity index (χ1) is 10.3. The van der Waals surface area contributed by atoms with Crippen LogP contribution in [-0.4, -0.2) is 5.91 Å². The first kappa shape index (κ1) is 16.5. The van der Waals surface area contributed by atoms with Gasteiger partial charge in [0, 0.05) is 0 Å². The highest BCUT2D eigenvalue weighted by atomic mass is 35.5. The molecule has 0 bridgehead atoms. The van der Waals surface area contributed by atoms with E-state index in [0.29, 0.717) is 10.6 Å². The van der Waals surface area contributed by atoms with E-state index in [1.807, 2.05) is 26.2 Å². The van der Waals surface area contributed by atoms with Crippen molar-refractivity contribution in [3.05, 3.63) is 51.1 Å². The zero-order valence-corrected chi connectivity index (χ0v) is 13.9. The summed E-state index contributed by atoms with van der Waals surface area (Å²) in [5.41, 5.74) is 0.798. The summed E-state index contributed by atoms with van der Waals surface area (Å²) in [6, 6.07) is 6.15. The van der Waals surface area contributed by atoms with Crippen molar-refractivity contribution in [1.82, 2.24) is 0 Å². The van der Waals surface area contributed by atoms with Crippen LogP contribution in [0.1, 0.15) is 42.3 Å². The quantitative estimate of drug-likeness (QED) is 0.842. The molecule has 1 heterocycles. The summed E-state index contributed by atoms with van der Waals surface area (Å²) < 4.78 is 13.8. The van der Waals surface area contributed by atoms with Gasteiger partial charge in [-0.15, -0.1) is 11.3 Å². The maximum atomic E-state index is 13.8.